The lowest BCUT2D eigenvalue weighted by atomic mass is 10.0. The van der Waals surface area contributed by atoms with E-state index in [1.807, 2.05) is 0 Å². The van der Waals surface area contributed by atoms with E-state index in [-0.39, 0.29) is 11.4 Å². The van der Waals surface area contributed by atoms with Gasteiger partial charge in [-0.2, -0.15) is 0 Å². The molecule has 0 rings (SSSR count). The number of aliphatic carboxylic acids is 1. The zero-order valence-electron chi connectivity index (χ0n) is 10.5. The third-order valence-electron chi connectivity index (χ3n) is 2.81. The smallest absolute Gasteiger partial charge is 0.331 e. The molecule has 92 valence electrons. The molecule has 0 aliphatic carbocycles. The van der Waals surface area contributed by atoms with Gasteiger partial charge in [-0.15, -0.1) is 0 Å². The number of Topliss-reactive ketones (excluding diaryl/α,β-unsaturated/α-hetero) is 1. The maximum atomic E-state index is 11.6. The molecule has 1 N–H and O–H groups in total. The molecule has 0 saturated heterocycles. The summed E-state index contributed by atoms with van der Waals surface area (Å²) in [6.07, 6.45) is 5.94. The van der Waals surface area contributed by atoms with Gasteiger partial charge in [0, 0.05) is 17.6 Å². The lowest BCUT2D eigenvalue weighted by Gasteiger charge is -2.03. The van der Waals surface area contributed by atoms with Crippen molar-refractivity contribution in [3.63, 3.8) is 0 Å². The molecule has 3 heteroatoms. The fourth-order valence-electron chi connectivity index (χ4n) is 1.45. The van der Waals surface area contributed by atoms with Gasteiger partial charge in [0.05, 0.1) is 0 Å². The van der Waals surface area contributed by atoms with Crippen molar-refractivity contribution in [2.45, 2.75) is 59.3 Å². The summed E-state index contributed by atoms with van der Waals surface area (Å²) in [4.78, 5) is 22.3. The van der Waals surface area contributed by atoms with Gasteiger partial charge in [-0.25, -0.2) is 4.79 Å². The van der Waals surface area contributed by atoms with E-state index in [4.69, 9.17) is 5.11 Å². The van der Waals surface area contributed by atoms with Gasteiger partial charge in [-0.1, -0.05) is 32.6 Å². The van der Waals surface area contributed by atoms with Gasteiger partial charge in [0.2, 0.25) is 0 Å². The van der Waals surface area contributed by atoms with Crippen molar-refractivity contribution in [3.05, 3.63) is 11.1 Å². The molecule has 0 heterocycles. The van der Waals surface area contributed by atoms with Crippen LogP contribution >= 0.6 is 0 Å². The molecule has 0 aromatic rings. The number of rotatable bonds is 8. The van der Waals surface area contributed by atoms with Crippen LogP contribution < -0.4 is 0 Å². The van der Waals surface area contributed by atoms with E-state index in [0.717, 1.165) is 19.3 Å². The largest absolute Gasteiger partial charge is 0.478 e. The van der Waals surface area contributed by atoms with Gasteiger partial charge in [-0.3, -0.25) is 4.79 Å². The molecule has 0 aliphatic heterocycles. The quantitative estimate of drug-likeness (QED) is 0.510. The van der Waals surface area contributed by atoms with Crippen molar-refractivity contribution in [2.75, 3.05) is 0 Å². The van der Waals surface area contributed by atoms with Crippen LogP contribution in [-0.4, -0.2) is 16.9 Å². The highest BCUT2D eigenvalue weighted by molar-refractivity contribution is 6.02. The Hall–Kier alpha value is -1.12. The normalized spacial score (nSPS) is 12.2. The number of allylic oxidation sites excluding steroid dienone is 1. The van der Waals surface area contributed by atoms with Gasteiger partial charge in [-0.05, 0) is 20.3 Å². The Morgan fingerprint density at radius 3 is 2.00 bits per heavy atom. The van der Waals surface area contributed by atoms with Gasteiger partial charge in [0.1, 0.15) is 0 Å². The van der Waals surface area contributed by atoms with Gasteiger partial charge in [0.15, 0.2) is 5.78 Å². The Morgan fingerprint density at radius 1 is 0.938 bits per heavy atom. The van der Waals surface area contributed by atoms with Crippen LogP contribution in [0.1, 0.15) is 59.3 Å². The Balaban J connectivity index is 3.98. The summed E-state index contributed by atoms with van der Waals surface area (Å²) in [5, 5.41) is 8.73. The van der Waals surface area contributed by atoms with Crippen molar-refractivity contribution in [1.29, 1.82) is 0 Å². The SMILES string of the molecule is CCCCCCCC(=O)/C(C)=C(/C)C(=O)O. The maximum Gasteiger partial charge on any atom is 0.331 e. The number of carboxylic acids is 1. The Bertz CT molecular complexity index is 277. The summed E-state index contributed by atoms with van der Waals surface area (Å²) in [6, 6.07) is 0. The third kappa shape index (κ3) is 5.69. The summed E-state index contributed by atoms with van der Waals surface area (Å²) in [6.45, 7) is 5.22. The Kier molecular flexibility index (Phi) is 7.52. The van der Waals surface area contributed by atoms with Crippen LogP contribution in [0.25, 0.3) is 0 Å². The fourth-order valence-corrected chi connectivity index (χ4v) is 1.45. The fraction of sp³-hybridized carbons (Fsp3) is 0.692. The summed E-state index contributed by atoms with van der Waals surface area (Å²) < 4.78 is 0. The molecule has 0 saturated carbocycles. The minimum Gasteiger partial charge on any atom is -0.478 e. The predicted octanol–water partition coefficient (Wildman–Crippen LogP) is 3.34. The first kappa shape index (κ1) is 14.9. The zero-order chi connectivity index (χ0) is 12.6. The third-order valence-corrected chi connectivity index (χ3v) is 2.81. The highest BCUT2D eigenvalue weighted by atomic mass is 16.4. The molecule has 0 spiro atoms. The van der Waals surface area contributed by atoms with Crippen LogP contribution in [0.4, 0.5) is 0 Å². The maximum absolute atomic E-state index is 11.6. The van der Waals surface area contributed by atoms with Crippen LogP contribution in [-0.2, 0) is 9.59 Å². The first-order chi connectivity index (χ1) is 7.50. The first-order valence-electron chi connectivity index (χ1n) is 5.94. The number of ketones is 1. The molecule has 0 unspecified atom stereocenters. The highest BCUT2D eigenvalue weighted by Gasteiger charge is 2.11. The van der Waals surface area contributed by atoms with E-state index in [1.54, 1.807) is 6.92 Å². The highest BCUT2D eigenvalue weighted by Crippen LogP contribution is 2.11. The van der Waals surface area contributed by atoms with Crippen molar-refractivity contribution in [3.8, 4) is 0 Å². The number of carbonyl (C=O) groups excluding carboxylic acids is 1. The minimum atomic E-state index is -1.00. The van der Waals surface area contributed by atoms with E-state index in [0.29, 0.717) is 12.0 Å². The van der Waals surface area contributed by atoms with Crippen LogP contribution in [0, 0.1) is 0 Å². The summed E-state index contributed by atoms with van der Waals surface area (Å²) in [5.74, 6) is -1.03. The second kappa shape index (κ2) is 8.08. The number of hydrogen-bond acceptors (Lipinski definition) is 2. The van der Waals surface area contributed by atoms with Crippen molar-refractivity contribution in [2.24, 2.45) is 0 Å². The lowest BCUT2D eigenvalue weighted by molar-refractivity contribution is -0.133. The monoisotopic (exact) mass is 226 g/mol. The van der Waals surface area contributed by atoms with Crippen molar-refractivity contribution in [1.82, 2.24) is 0 Å². The topological polar surface area (TPSA) is 54.4 Å². The van der Waals surface area contributed by atoms with Crippen LogP contribution in [0.15, 0.2) is 11.1 Å². The Labute approximate surface area is 97.5 Å². The molecular formula is C13H22O3. The molecule has 0 fully saturated rings. The minimum absolute atomic E-state index is 0.0311. The van der Waals surface area contributed by atoms with E-state index >= 15 is 0 Å². The summed E-state index contributed by atoms with van der Waals surface area (Å²) in [5.41, 5.74) is 0.557. The number of hydrogen-bond donors (Lipinski definition) is 1. The number of unbranched alkanes of at least 4 members (excludes halogenated alkanes) is 4. The standard InChI is InChI=1S/C13H22O3/c1-4-5-6-7-8-9-12(14)10(2)11(3)13(15)16/h4-9H2,1-3H3,(H,15,16)/b11-10-. The molecule has 0 atom stereocenters. The molecule has 0 aromatic carbocycles. The molecule has 0 aromatic heterocycles. The predicted molar refractivity (Wildman–Crippen MR) is 64.4 cm³/mol. The summed E-state index contributed by atoms with van der Waals surface area (Å²) >= 11 is 0. The number of carboxylic acid groups (broad SMARTS) is 1. The van der Waals surface area contributed by atoms with E-state index in [1.165, 1.54) is 19.8 Å². The van der Waals surface area contributed by atoms with Gasteiger partial charge in [0.25, 0.3) is 0 Å². The second-order valence-electron chi connectivity index (χ2n) is 4.14. The molecule has 0 radical (unpaired) electrons. The molecule has 3 nitrogen and oxygen atoms in total. The van der Waals surface area contributed by atoms with E-state index in [2.05, 4.69) is 6.92 Å². The van der Waals surface area contributed by atoms with Crippen LogP contribution in [0.2, 0.25) is 0 Å². The molecule has 0 aliphatic rings. The Morgan fingerprint density at radius 2 is 1.50 bits per heavy atom. The number of carbonyl (C=O) groups is 2. The second-order valence-corrected chi connectivity index (χ2v) is 4.14. The van der Waals surface area contributed by atoms with Crippen LogP contribution in [0.5, 0.6) is 0 Å². The molecule has 0 bridgehead atoms. The first-order valence-corrected chi connectivity index (χ1v) is 5.94. The zero-order valence-corrected chi connectivity index (χ0v) is 10.5. The van der Waals surface area contributed by atoms with Crippen molar-refractivity contribution >= 4 is 11.8 Å². The van der Waals surface area contributed by atoms with E-state index in [9.17, 15) is 9.59 Å². The van der Waals surface area contributed by atoms with Gasteiger partial charge < -0.3 is 5.11 Å². The average Bonchev–Trinajstić information content (AvgIpc) is 2.26. The lowest BCUT2D eigenvalue weighted by Crippen LogP contribution is -2.07. The average molecular weight is 226 g/mol. The van der Waals surface area contributed by atoms with E-state index < -0.39 is 5.97 Å². The van der Waals surface area contributed by atoms with Gasteiger partial charge >= 0.3 is 5.97 Å². The summed E-state index contributed by atoms with van der Waals surface area (Å²) in [7, 11) is 0. The van der Waals surface area contributed by atoms with Crippen LogP contribution in [0.3, 0.4) is 0 Å². The van der Waals surface area contributed by atoms with Crippen molar-refractivity contribution < 1.29 is 14.7 Å². The molecule has 0 amide bonds. The molecular weight excluding hydrogens is 204 g/mol. The molecule has 16 heavy (non-hydrogen) atoms.